The van der Waals surface area contributed by atoms with E-state index in [0.717, 1.165) is 43.4 Å². The molecule has 0 atom stereocenters. The average Bonchev–Trinajstić information content (AvgIpc) is 3.07. The maximum atomic E-state index is 4.38. The minimum atomic E-state index is 0.846. The number of hydrogen-bond acceptors (Lipinski definition) is 4. The van der Waals surface area contributed by atoms with Crippen LogP contribution in [0.2, 0.25) is 0 Å². The van der Waals surface area contributed by atoms with Gasteiger partial charge in [-0.05, 0) is 31.0 Å². The summed E-state index contributed by atoms with van der Waals surface area (Å²) in [5.74, 6) is 6.66. The van der Waals surface area contributed by atoms with Gasteiger partial charge in [0.05, 0.1) is 6.54 Å². The Labute approximate surface area is 136 Å². The van der Waals surface area contributed by atoms with Crippen LogP contribution in [0.4, 0.5) is 5.13 Å². The fraction of sp³-hybridized carbons (Fsp3) is 0.389. The fourth-order valence-electron chi connectivity index (χ4n) is 2.60. The molecule has 1 aliphatic heterocycles. The van der Waals surface area contributed by atoms with Crippen LogP contribution in [0.15, 0.2) is 29.8 Å². The van der Waals surface area contributed by atoms with E-state index >= 15 is 0 Å². The molecule has 1 aromatic heterocycles. The molecule has 0 spiro atoms. The van der Waals surface area contributed by atoms with E-state index in [1.807, 2.05) is 11.6 Å². The van der Waals surface area contributed by atoms with Gasteiger partial charge in [0.1, 0.15) is 0 Å². The molecule has 1 saturated heterocycles. The van der Waals surface area contributed by atoms with Gasteiger partial charge in [-0.1, -0.05) is 24.0 Å². The normalized spacial score (nSPS) is 15.5. The van der Waals surface area contributed by atoms with Crippen molar-refractivity contribution >= 4 is 16.5 Å². The van der Waals surface area contributed by atoms with Gasteiger partial charge in [0.15, 0.2) is 5.13 Å². The van der Waals surface area contributed by atoms with E-state index in [2.05, 4.69) is 58.7 Å². The predicted octanol–water partition coefficient (Wildman–Crippen LogP) is 2.93. The van der Waals surface area contributed by atoms with E-state index in [1.165, 1.54) is 11.1 Å². The second-order valence-corrected chi connectivity index (χ2v) is 6.50. The number of nitrogens with zero attached hydrogens (tertiary/aromatic N) is 3. The van der Waals surface area contributed by atoms with Crippen LogP contribution in [0.5, 0.6) is 0 Å². The van der Waals surface area contributed by atoms with Crippen molar-refractivity contribution in [2.24, 2.45) is 0 Å². The lowest BCUT2D eigenvalue weighted by Gasteiger charge is -2.33. The van der Waals surface area contributed by atoms with Gasteiger partial charge in [0.2, 0.25) is 0 Å². The minimum absolute atomic E-state index is 0.846. The standard InChI is InChI=1S/C18H21N3S/c1-15-5-3-6-17(16(15)2)7-4-9-20-10-12-21(13-11-20)18-19-8-14-22-18/h3,5-6,8,14H,9-13H2,1-2H3. The van der Waals surface area contributed by atoms with Crippen molar-refractivity contribution in [1.29, 1.82) is 0 Å². The van der Waals surface area contributed by atoms with Gasteiger partial charge in [-0.2, -0.15) is 0 Å². The summed E-state index contributed by atoms with van der Waals surface area (Å²) in [5.41, 5.74) is 3.76. The summed E-state index contributed by atoms with van der Waals surface area (Å²) < 4.78 is 0. The lowest BCUT2D eigenvalue weighted by molar-refractivity contribution is 0.288. The van der Waals surface area contributed by atoms with Crippen molar-refractivity contribution in [2.45, 2.75) is 13.8 Å². The zero-order valence-electron chi connectivity index (χ0n) is 13.2. The molecule has 2 aromatic rings. The topological polar surface area (TPSA) is 19.4 Å². The largest absolute Gasteiger partial charge is 0.346 e. The Bertz CT molecular complexity index is 674. The quantitative estimate of drug-likeness (QED) is 0.795. The van der Waals surface area contributed by atoms with Gasteiger partial charge < -0.3 is 4.90 Å². The Kier molecular flexibility index (Phi) is 4.77. The Hall–Kier alpha value is -1.83. The summed E-state index contributed by atoms with van der Waals surface area (Å²) in [5, 5.41) is 3.18. The van der Waals surface area contributed by atoms with Gasteiger partial charge in [-0.3, -0.25) is 4.90 Å². The van der Waals surface area contributed by atoms with E-state index in [4.69, 9.17) is 0 Å². The van der Waals surface area contributed by atoms with E-state index in [9.17, 15) is 0 Å². The second-order valence-electron chi connectivity index (χ2n) is 5.63. The summed E-state index contributed by atoms with van der Waals surface area (Å²) in [6, 6.07) is 6.33. The number of thiazole rings is 1. The number of anilines is 1. The van der Waals surface area contributed by atoms with E-state index in [1.54, 1.807) is 11.3 Å². The summed E-state index contributed by atoms with van der Waals surface area (Å²) >= 11 is 1.72. The molecule has 3 nitrogen and oxygen atoms in total. The molecule has 1 fully saturated rings. The molecule has 2 heterocycles. The molecular weight excluding hydrogens is 290 g/mol. The van der Waals surface area contributed by atoms with Crippen molar-refractivity contribution in [3.63, 3.8) is 0 Å². The Balaban J connectivity index is 1.54. The molecule has 1 aromatic carbocycles. The van der Waals surface area contributed by atoms with Gasteiger partial charge in [0, 0.05) is 43.3 Å². The zero-order valence-corrected chi connectivity index (χ0v) is 14.0. The molecule has 0 N–H and O–H groups in total. The minimum Gasteiger partial charge on any atom is -0.346 e. The number of rotatable bonds is 2. The first-order valence-electron chi connectivity index (χ1n) is 7.66. The van der Waals surface area contributed by atoms with Gasteiger partial charge in [-0.25, -0.2) is 4.98 Å². The molecule has 0 amide bonds. The lowest BCUT2D eigenvalue weighted by Crippen LogP contribution is -2.46. The lowest BCUT2D eigenvalue weighted by atomic mass is 10.0. The third-order valence-electron chi connectivity index (χ3n) is 4.19. The van der Waals surface area contributed by atoms with E-state index in [-0.39, 0.29) is 0 Å². The van der Waals surface area contributed by atoms with Crippen LogP contribution in [0.25, 0.3) is 0 Å². The highest BCUT2D eigenvalue weighted by Gasteiger charge is 2.17. The number of benzene rings is 1. The molecule has 1 aliphatic rings. The number of aryl methyl sites for hydroxylation is 1. The van der Waals surface area contributed by atoms with E-state index in [0.29, 0.717) is 0 Å². The van der Waals surface area contributed by atoms with Crippen LogP contribution in [-0.4, -0.2) is 42.6 Å². The van der Waals surface area contributed by atoms with Crippen molar-refractivity contribution in [2.75, 3.05) is 37.6 Å². The highest BCUT2D eigenvalue weighted by molar-refractivity contribution is 7.13. The SMILES string of the molecule is Cc1cccc(C#CCN2CCN(c3nccs3)CC2)c1C. The van der Waals surface area contributed by atoms with Crippen LogP contribution in [0.3, 0.4) is 0 Å². The molecule has 3 rings (SSSR count). The molecule has 114 valence electrons. The summed E-state index contributed by atoms with van der Waals surface area (Å²) in [6.45, 7) is 9.32. The summed E-state index contributed by atoms with van der Waals surface area (Å²) in [4.78, 5) is 9.16. The second kappa shape index (κ2) is 6.95. The average molecular weight is 311 g/mol. The Morgan fingerprint density at radius 2 is 2.00 bits per heavy atom. The maximum Gasteiger partial charge on any atom is 0.185 e. The number of aromatic nitrogens is 1. The van der Waals surface area contributed by atoms with Crippen LogP contribution < -0.4 is 4.90 Å². The van der Waals surface area contributed by atoms with Gasteiger partial charge in [0.25, 0.3) is 0 Å². The van der Waals surface area contributed by atoms with Crippen molar-refractivity contribution in [3.8, 4) is 11.8 Å². The predicted molar refractivity (Wildman–Crippen MR) is 93.6 cm³/mol. The molecule has 0 saturated carbocycles. The van der Waals surface area contributed by atoms with Crippen molar-refractivity contribution < 1.29 is 0 Å². The first-order valence-corrected chi connectivity index (χ1v) is 8.54. The molecule has 4 heteroatoms. The molecular formula is C18H21N3S. The zero-order chi connectivity index (χ0) is 15.4. The molecule has 0 bridgehead atoms. The number of piperazine rings is 1. The summed E-state index contributed by atoms with van der Waals surface area (Å²) in [7, 11) is 0. The molecule has 22 heavy (non-hydrogen) atoms. The smallest absolute Gasteiger partial charge is 0.185 e. The highest BCUT2D eigenvalue weighted by Crippen LogP contribution is 2.18. The van der Waals surface area contributed by atoms with Crippen molar-refractivity contribution in [3.05, 3.63) is 46.5 Å². The highest BCUT2D eigenvalue weighted by atomic mass is 32.1. The van der Waals surface area contributed by atoms with Gasteiger partial charge >= 0.3 is 0 Å². The van der Waals surface area contributed by atoms with E-state index < -0.39 is 0 Å². The summed E-state index contributed by atoms with van der Waals surface area (Å²) in [6.07, 6.45) is 1.88. The van der Waals surface area contributed by atoms with Crippen LogP contribution in [0.1, 0.15) is 16.7 Å². The van der Waals surface area contributed by atoms with Crippen LogP contribution >= 0.6 is 11.3 Å². The number of hydrogen-bond donors (Lipinski definition) is 0. The Morgan fingerprint density at radius 3 is 2.73 bits per heavy atom. The third-order valence-corrected chi connectivity index (χ3v) is 5.02. The maximum absolute atomic E-state index is 4.38. The van der Waals surface area contributed by atoms with Crippen LogP contribution in [0, 0.1) is 25.7 Å². The molecule has 0 aliphatic carbocycles. The third kappa shape index (κ3) is 3.49. The first kappa shape index (κ1) is 15.1. The monoisotopic (exact) mass is 311 g/mol. The van der Waals surface area contributed by atoms with Crippen LogP contribution in [-0.2, 0) is 0 Å². The fourth-order valence-corrected chi connectivity index (χ4v) is 3.30. The molecule has 0 unspecified atom stereocenters. The first-order chi connectivity index (χ1) is 10.7. The molecule has 0 radical (unpaired) electrons. The van der Waals surface area contributed by atoms with Gasteiger partial charge in [-0.15, -0.1) is 11.3 Å². The Morgan fingerprint density at radius 1 is 1.18 bits per heavy atom. The van der Waals surface area contributed by atoms with Crippen molar-refractivity contribution in [1.82, 2.24) is 9.88 Å².